The van der Waals surface area contributed by atoms with Crippen molar-refractivity contribution in [2.45, 2.75) is 13.0 Å². The lowest BCUT2D eigenvalue weighted by Crippen LogP contribution is -2.09. The van der Waals surface area contributed by atoms with Gasteiger partial charge in [0.2, 0.25) is 0 Å². The number of halogens is 3. The number of aromatic nitrogens is 1. The standard InChI is InChI=1S/C11H9BrF2N2S/c1-6(11-15-2-3-17-11)16-10-8(13)4-7(12)5-9(10)14/h2-6,16H,1H3. The normalized spacial score (nSPS) is 12.5. The summed E-state index contributed by atoms with van der Waals surface area (Å²) in [4.78, 5) is 4.09. The van der Waals surface area contributed by atoms with Crippen molar-refractivity contribution < 1.29 is 8.78 Å². The smallest absolute Gasteiger partial charge is 0.150 e. The fourth-order valence-electron chi connectivity index (χ4n) is 1.41. The minimum atomic E-state index is -0.625. The molecule has 0 spiro atoms. The van der Waals surface area contributed by atoms with Crippen LogP contribution < -0.4 is 5.32 Å². The Morgan fingerprint density at radius 2 is 2.00 bits per heavy atom. The van der Waals surface area contributed by atoms with Crippen LogP contribution in [0.4, 0.5) is 14.5 Å². The number of rotatable bonds is 3. The second kappa shape index (κ2) is 5.10. The minimum Gasteiger partial charge on any atom is -0.371 e. The number of hydrogen-bond acceptors (Lipinski definition) is 3. The molecule has 2 aromatic rings. The zero-order chi connectivity index (χ0) is 12.4. The van der Waals surface area contributed by atoms with Gasteiger partial charge in [-0.05, 0) is 19.1 Å². The molecule has 0 saturated heterocycles. The number of anilines is 1. The van der Waals surface area contributed by atoms with Gasteiger partial charge in [0, 0.05) is 16.0 Å². The van der Waals surface area contributed by atoms with Gasteiger partial charge in [0.25, 0.3) is 0 Å². The number of benzene rings is 1. The molecule has 0 radical (unpaired) electrons. The first kappa shape index (κ1) is 12.4. The van der Waals surface area contributed by atoms with Gasteiger partial charge in [-0.25, -0.2) is 13.8 Å². The summed E-state index contributed by atoms with van der Waals surface area (Å²) < 4.78 is 27.5. The van der Waals surface area contributed by atoms with Gasteiger partial charge in [-0.3, -0.25) is 0 Å². The first-order valence-corrected chi connectivity index (χ1v) is 6.55. The van der Waals surface area contributed by atoms with Gasteiger partial charge in [-0.1, -0.05) is 15.9 Å². The summed E-state index contributed by atoms with van der Waals surface area (Å²) in [6.45, 7) is 1.81. The lowest BCUT2D eigenvalue weighted by molar-refractivity contribution is 0.583. The lowest BCUT2D eigenvalue weighted by atomic mass is 10.2. The highest BCUT2D eigenvalue weighted by Crippen LogP contribution is 2.27. The van der Waals surface area contributed by atoms with Crippen LogP contribution in [0.25, 0.3) is 0 Å². The van der Waals surface area contributed by atoms with Crippen LogP contribution in [-0.2, 0) is 0 Å². The Morgan fingerprint density at radius 1 is 1.35 bits per heavy atom. The topological polar surface area (TPSA) is 24.9 Å². The quantitative estimate of drug-likeness (QED) is 0.909. The van der Waals surface area contributed by atoms with E-state index < -0.39 is 11.6 Å². The third-order valence-corrected chi connectivity index (χ3v) is 3.61. The van der Waals surface area contributed by atoms with Crippen LogP contribution in [-0.4, -0.2) is 4.98 Å². The molecule has 0 amide bonds. The summed E-state index contributed by atoms with van der Waals surface area (Å²) in [7, 11) is 0. The van der Waals surface area contributed by atoms with E-state index in [1.54, 1.807) is 13.1 Å². The van der Waals surface area contributed by atoms with Crippen LogP contribution in [0.5, 0.6) is 0 Å². The SMILES string of the molecule is CC(Nc1c(F)cc(Br)cc1F)c1nccs1. The molecule has 1 heterocycles. The number of thiazole rings is 1. The Hall–Kier alpha value is -1.01. The molecule has 0 aliphatic rings. The molecule has 1 N–H and O–H groups in total. The van der Waals surface area contributed by atoms with Crippen LogP contribution in [0.1, 0.15) is 18.0 Å². The molecule has 1 unspecified atom stereocenters. The molecule has 0 fully saturated rings. The van der Waals surface area contributed by atoms with Crippen LogP contribution in [0.15, 0.2) is 28.2 Å². The van der Waals surface area contributed by atoms with Crippen molar-refractivity contribution in [3.8, 4) is 0 Å². The molecular weight excluding hydrogens is 310 g/mol. The first-order chi connectivity index (χ1) is 8.08. The van der Waals surface area contributed by atoms with Gasteiger partial charge in [0.05, 0.1) is 6.04 Å². The van der Waals surface area contributed by atoms with E-state index in [0.717, 1.165) is 5.01 Å². The highest BCUT2D eigenvalue weighted by atomic mass is 79.9. The van der Waals surface area contributed by atoms with E-state index in [9.17, 15) is 8.78 Å². The summed E-state index contributed by atoms with van der Waals surface area (Å²) in [5.74, 6) is -1.25. The van der Waals surface area contributed by atoms with Crippen molar-refractivity contribution in [1.29, 1.82) is 0 Å². The van der Waals surface area contributed by atoms with Crippen molar-refractivity contribution in [1.82, 2.24) is 4.98 Å². The Balaban J connectivity index is 2.25. The molecule has 1 aromatic carbocycles. The molecule has 90 valence electrons. The van der Waals surface area contributed by atoms with E-state index in [1.165, 1.54) is 23.5 Å². The third kappa shape index (κ3) is 2.81. The maximum absolute atomic E-state index is 13.6. The average Bonchev–Trinajstić information content (AvgIpc) is 2.76. The zero-order valence-electron chi connectivity index (χ0n) is 8.88. The number of hydrogen-bond donors (Lipinski definition) is 1. The van der Waals surface area contributed by atoms with E-state index in [4.69, 9.17) is 0 Å². The molecule has 0 bridgehead atoms. The van der Waals surface area contributed by atoms with Gasteiger partial charge in [-0.15, -0.1) is 11.3 Å². The fourth-order valence-corrected chi connectivity index (χ4v) is 2.45. The van der Waals surface area contributed by atoms with Gasteiger partial charge in [-0.2, -0.15) is 0 Å². The fraction of sp³-hybridized carbons (Fsp3) is 0.182. The van der Waals surface area contributed by atoms with Crippen LogP contribution >= 0.6 is 27.3 Å². The number of nitrogens with one attached hydrogen (secondary N) is 1. The van der Waals surface area contributed by atoms with Crippen molar-refractivity contribution in [2.75, 3.05) is 5.32 Å². The summed E-state index contributed by atoms with van der Waals surface area (Å²) in [6.07, 6.45) is 1.66. The van der Waals surface area contributed by atoms with Gasteiger partial charge >= 0.3 is 0 Å². The average molecular weight is 319 g/mol. The Labute approximate surface area is 110 Å². The molecule has 6 heteroatoms. The maximum atomic E-state index is 13.6. The molecule has 17 heavy (non-hydrogen) atoms. The highest BCUT2D eigenvalue weighted by molar-refractivity contribution is 9.10. The van der Waals surface area contributed by atoms with Crippen molar-refractivity contribution in [2.24, 2.45) is 0 Å². The van der Waals surface area contributed by atoms with Crippen molar-refractivity contribution >= 4 is 33.0 Å². The van der Waals surface area contributed by atoms with Crippen molar-refractivity contribution in [3.63, 3.8) is 0 Å². The number of nitrogens with zero attached hydrogens (tertiary/aromatic N) is 1. The minimum absolute atomic E-state index is 0.129. The molecule has 0 aliphatic heterocycles. The molecule has 1 aromatic heterocycles. The predicted octanol–water partition coefficient (Wildman–Crippen LogP) is 4.36. The summed E-state index contributed by atoms with van der Waals surface area (Å²) >= 11 is 4.47. The van der Waals surface area contributed by atoms with Crippen molar-refractivity contribution in [3.05, 3.63) is 44.8 Å². The highest BCUT2D eigenvalue weighted by Gasteiger charge is 2.15. The van der Waals surface area contributed by atoms with Gasteiger partial charge < -0.3 is 5.32 Å². The summed E-state index contributed by atoms with van der Waals surface area (Å²) in [5.41, 5.74) is -0.129. The Morgan fingerprint density at radius 3 is 2.53 bits per heavy atom. The van der Waals surface area contributed by atoms with Gasteiger partial charge in [0.1, 0.15) is 22.3 Å². The van der Waals surface area contributed by atoms with E-state index >= 15 is 0 Å². The van der Waals surface area contributed by atoms with E-state index in [-0.39, 0.29) is 11.7 Å². The van der Waals surface area contributed by atoms with E-state index in [0.29, 0.717) is 4.47 Å². The largest absolute Gasteiger partial charge is 0.371 e. The monoisotopic (exact) mass is 318 g/mol. The molecule has 1 atom stereocenters. The van der Waals surface area contributed by atoms with Gasteiger partial charge in [0.15, 0.2) is 0 Å². The maximum Gasteiger partial charge on any atom is 0.150 e. The second-order valence-electron chi connectivity index (χ2n) is 3.48. The zero-order valence-corrected chi connectivity index (χ0v) is 11.3. The van der Waals surface area contributed by atoms with Crippen LogP contribution in [0.3, 0.4) is 0 Å². The Bertz CT molecular complexity index is 493. The van der Waals surface area contributed by atoms with Crippen LogP contribution in [0.2, 0.25) is 0 Å². The molecule has 2 rings (SSSR count). The Kier molecular flexibility index (Phi) is 3.73. The second-order valence-corrected chi connectivity index (χ2v) is 5.32. The lowest BCUT2D eigenvalue weighted by Gasteiger charge is -2.14. The first-order valence-electron chi connectivity index (χ1n) is 4.88. The summed E-state index contributed by atoms with van der Waals surface area (Å²) in [5, 5.41) is 5.39. The molecular formula is C11H9BrF2N2S. The van der Waals surface area contributed by atoms with E-state index in [1.807, 2.05) is 5.38 Å². The third-order valence-electron chi connectivity index (χ3n) is 2.19. The molecule has 0 saturated carbocycles. The molecule has 2 nitrogen and oxygen atoms in total. The summed E-state index contributed by atoms with van der Waals surface area (Å²) in [6, 6.07) is 2.21. The van der Waals surface area contributed by atoms with E-state index in [2.05, 4.69) is 26.2 Å². The predicted molar refractivity (Wildman–Crippen MR) is 68.2 cm³/mol. The molecule has 0 aliphatic carbocycles. The van der Waals surface area contributed by atoms with Crippen LogP contribution in [0, 0.1) is 11.6 Å².